The lowest BCUT2D eigenvalue weighted by molar-refractivity contribution is -0.137. The predicted molar refractivity (Wildman–Crippen MR) is 150 cm³/mol. The number of benzene rings is 4. The van der Waals surface area contributed by atoms with Crippen LogP contribution in [-0.2, 0) is 18.0 Å². The van der Waals surface area contributed by atoms with Gasteiger partial charge in [0.1, 0.15) is 18.2 Å². The summed E-state index contributed by atoms with van der Waals surface area (Å²) in [6.07, 6.45) is 0.906. The van der Waals surface area contributed by atoms with Gasteiger partial charge in [0.15, 0.2) is 0 Å². The number of carboxylic acid groups (broad SMARTS) is 1. The molecule has 5 rings (SSSR count). The van der Waals surface area contributed by atoms with Gasteiger partial charge in [-0.2, -0.15) is 0 Å². The van der Waals surface area contributed by atoms with Crippen LogP contribution in [0.1, 0.15) is 41.0 Å². The third kappa shape index (κ3) is 6.13. The monoisotopic (exact) mass is 525 g/mol. The molecule has 0 unspecified atom stereocenters. The molecule has 2 N–H and O–H groups in total. The quantitative estimate of drug-likeness (QED) is 0.254. The maximum atomic E-state index is 14.4. The molecular formula is C33H32FNO4. The van der Waals surface area contributed by atoms with E-state index in [1.54, 1.807) is 12.1 Å². The molecule has 1 aliphatic rings. The van der Waals surface area contributed by atoms with E-state index in [0.29, 0.717) is 17.7 Å². The van der Waals surface area contributed by atoms with Crippen molar-refractivity contribution in [3.63, 3.8) is 0 Å². The Morgan fingerprint density at radius 2 is 1.77 bits per heavy atom. The summed E-state index contributed by atoms with van der Waals surface area (Å²) in [5, 5.41) is 18.9. The molecule has 200 valence electrons. The lowest BCUT2D eigenvalue weighted by atomic mass is 9.95. The van der Waals surface area contributed by atoms with E-state index in [2.05, 4.69) is 17.0 Å². The molecule has 0 aliphatic carbocycles. The SMILES string of the molecule is Cc1cc(-c2cc(CO)ccc2F)ccc1COc1ccc(N2C[C@H](c3ccccc3)C[C@@H]2CC(=O)O)cc1. The zero-order valence-corrected chi connectivity index (χ0v) is 21.9. The second kappa shape index (κ2) is 11.7. The zero-order valence-electron chi connectivity index (χ0n) is 21.9. The summed E-state index contributed by atoms with van der Waals surface area (Å²) in [6, 6.07) is 28.4. The van der Waals surface area contributed by atoms with Gasteiger partial charge in [0.2, 0.25) is 0 Å². The molecule has 0 saturated carbocycles. The first kappa shape index (κ1) is 26.4. The maximum Gasteiger partial charge on any atom is 0.305 e. The van der Waals surface area contributed by atoms with Crippen molar-refractivity contribution >= 4 is 11.7 Å². The van der Waals surface area contributed by atoms with Gasteiger partial charge in [0, 0.05) is 29.8 Å². The lowest BCUT2D eigenvalue weighted by Crippen LogP contribution is -2.31. The van der Waals surface area contributed by atoms with Gasteiger partial charge in [0.05, 0.1) is 13.0 Å². The number of aliphatic carboxylic acids is 1. The third-order valence-corrected chi connectivity index (χ3v) is 7.53. The fourth-order valence-corrected chi connectivity index (χ4v) is 5.41. The van der Waals surface area contributed by atoms with Crippen LogP contribution >= 0.6 is 0 Å². The van der Waals surface area contributed by atoms with E-state index in [9.17, 15) is 19.4 Å². The number of carbonyl (C=O) groups is 1. The highest BCUT2D eigenvalue weighted by molar-refractivity contribution is 5.69. The van der Waals surface area contributed by atoms with Crippen LogP contribution in [0.4, 0.5) is 10.1 Å². The van der Waals surface area contributed by atoms with Crippen LogP contribution in [-0.4, -0.2) is 28.8 Å². The van der Waals surface area contributed by atoms with Crippen molar-refractivity contribution in [2.45, 2.75) is 44.9 Å². The number of ether oxygens (including phenoxy) is 1. The zero-order chi connectivity index (χ0) is 27.4. The number of aryl methyl sites for hydroxylation is 1. The molecule has 0 aromatic heterocycles. The van der Waals surface area contributed by atoms with E-state index < -0.39 is 5.97 Å². The first-order chi connectivity index (χ1) is 18.9. The summed E-state index contributed by atoms with van der Waals surface area (Å²) in [7, 11) is 0. The van der Waals surface area contributed by atoms with Crippen LogP contribution in [0.5, 0.6) is 5.75 Å². The van der Waals surface area contributed by atoms with E-state index >= 15 is 0 Å². The van der Waals surface area contributed by atoms with Crippen molar-refractivity contribution < 1.29 is 24.1 Å². The van der Waals surface area contributed by atoms with Crippen LogP contribution in [0.3, 0.4) is 0 Å². The Balaban J connectivity index is 1.26. The van der Waals surface area contributed by atoms with E-state index in [0.717, 1.165) is 41.1 Å². The molecule has 5 nitrogen and oxygen atoms in total. The van der Waals surface area contributed by atoms with E-state index in [4.69, 9.17) is 4.74 Å². The largest absolute Gasteiger partial charge is 0.489 e. The standard InChI is InChI=1S/C33H32FNO4/c1-22-15-25(31-16-23(20-36)7-14-32(31)34)8-9-26(22)21-39-30-12-10-28(11-13-30)35-19-27(17-29(35)18-33(37)38)24-5-3-2-4-6-24/h2-16,27,29,36H,17-21H2,1H3,(H,37,38)/t27-,29-/m1/s1. The van der Waals surface area contributed by atoms with Crippen molar-refractivity contribution in [3.8, 4) is 16.9 Å². The Morgan fingerprint density at radius 1 is 1.00 bits per heavy atom. The molecule has 1 heterocycles. The van der Waals surface area contributed by atoms with Crippen LogP contribution in [0.15, 0.2) is 91.0 Å². The summed E-state index contributed by atoms with van der Waals surface area (Å²) in [6.45, 7) is 2.97. The van der Waals surface area contributed by atoms with Gasteiger partial charge < -0.3 is 19.8 Å². The van der Waals surface area contributed by atoms with Gasteiger partial charge in [-0.15, -0.1) is 0 Å². The normalized spacial score (nSPS) is 16.8. The number of carboxylic acids is 1. The Kier molecular flexibility index (Phi) is 7.94. The van der Waals surface area contributed by atoms with Crippen molar-refractivity contribution in [1.29, 1.82) is 0 Å². The first-order valence-electron chi connectivity index (χ1n) is 13.2. The highest BCUT2D eigenvalue weighted by Gasteiger charge is 2.34. The number of aliphatic hydroxyl groups excluding tert-OH is 1. The molecule has 0 spiro atoms. The number of rotatable bonds is 9. The average molecular weight is 526 g/mol. The predicted octanol–water partition coefficient (Wildman–Crippen LogP) is 6.71. The molecule has 6 heteroatoms. The maximum absolute atomic E-state index is 14.4. The van der Waals surface area contributed by atoms with Gasteiger partial charge in [0.25, 0.3) is 0 Å². The van der Waals surface area contributed by atoms with Gasteiger partial charge in [-0.05, 0) is 77.6 Å². The molecule has 1 aliphatic heterocycles. The minimum atomic E-state index is -0.788. The molecule has 0 radical (unpaired) electrons. The second-order valence-electron chi connectivity index (χ2n) is 10.1. The molecular weight excluding hydrogens is 493 g/mol. The third-order valence-electron chi connectivity index (χ3n) is 7.53. The lowest BCUT2D eigenvalue weighted by Gasteiger charge is -2.26. The summed E-state index contributed by atoms with van der Waals surface area (Å²) in [5.41, 5.74) is 6.08. The van der Waals surface area contributed by atoms with Crippen molar-refractivity contribution in [1.82, 2.24) is 0 Å². The number of hydrogen-bond donors (Lipinski definition) is 2. The van der Waals surface area contributed by atoms with Crippen LogP contribution in [0.2, 0.25) is 0 Å². The van der Waals surface area contributed by atoms with Crippen LogP contribution in [0, 0.1) is 12.7 Å². The molecule has 4 aromatic carbocycles. The van der Waals surface area contributed by atoms with Crippen LogP contribution < -0.4 is 9.64 Å². The number of aliphatic hydroxyl groups is 1. The Hall–Kier alpha value is -4.16. The number of hydrogen-bond acceptors (Lipinski definition) is 4. The number of anilines is 1. The van der Waals surface area contributed by atoms with Crippen LogP contribution in [0.25, 0.3) is 11.1 Å². The van der Waals surface area contributed by atoms with Crippen molar-refractivity contribution in [2.24, 2.45) is 0 Å². The molecule has 1 saturated heterocycles. The number of nitrogens with zero attached hydrogens (tertiary/aromatic N) is 1. The van der Waals surface area contributed by atoms with Gasteiger partial charge in [-0.3, -0.25) is 4.79 Å². The Labute approximate surface area is 228 Å². The number of halogens is 1. The Morgan fingerprint density at radius 3 is 2.46 bits per heavy atom. The minimum absolute atomic E-state index is 0.0662. The van der Waals surface area contributed by atoms with E-state index in [-0.39, 0.29) is 30.8 Å². The molecule has 2 atom stereocenters. The van der Waals surface area contributed by atoms with Gasteiger partial charge in [-0.25, -0.2) is 4.39 Å². The molecule has 0 amide bonds. The smallest absolute Gasteiger partial charge is 0.305 e. The molecule has 0 bridgehead atoms. The van der Waals surface area contributed by atoms with Crippen molar-refractivity contribution in [2.75, 3.05) is 11.4 Å². The highest BCUT2D eigenvalue weighted by atomic mass is 19.1. The summed E-state index contributed by atoms with van der Waals surface area (Å²) in [5.74, 6) is -0.104. The topological polar surface area (TPSA) is 70.0 Å². The van der Waals surface area contributed by atoms with E-state index in [1.165, 1.54) is 11.6 Å². The fourth-order valence-electron chi connectivity index (χ4n) is 5.41. The first-order valence-corrected chi connectivity index (χ1v) is 13.2. The van der Waals surface area contributed by atoms with Crippen molar-refractivity contribution in [3.05, 3.63) is 119 Å². The summed E-state index contributed by atoms with van der Waals surface area (Å²) >= 11 is 0. The summed E-state index contributed by atoms with van der Waals surface area (Å²) in [4.78, 5) is 13.7. The molecule has 39 heavy (non-hydrogen) atoms. The van der Waals surface area contributed by atoms with Gasteiger partial charge >= 0.3 is 5.97 Å². The van der Waals surface area contributed by atoms with Gasteiger partial charge in [-0.1, -0.05) is 54.6 Å². The van der Waals surface area contributed by atoms with E-state index in [1.807, 2.05) is 67.6 Å². The molecule has 1 fully saturated rings. The minimum Gasteiger partial charge on any atom is -0.489 e. The Bertz CT molecular complexity index is 1440. The fraction of sp³-hybridized carbons (Fsp3) is 0.242. The summed E-state index contributed by atoms with van der Waals surface area (Å²) < 4.78 is 20.5. The average Bonchev–Trinajstić information content (AvgIpc) is 3.36. The molecule has 4 aromatic rings. The highest BCUT2D eigenvalue weighted by Crippen LogP contribution is 2.37. The second-order valence-corrected chi connectivity index (χ2v) is 10.1.